The molecule has 0 saturated carbocycles. The first-order valence-corrected chi connectivity index (χ1v) is 7.01. The molecule has 1 unspecified atom stereocenters. The molecule has 18 heavy (non-hydrogen) atoms. The van der Waals surface area contributed by atoms with Gasteiger partial charge in [-0.05, 0) is 24.1 Å². The molecule has 0 spiro atoms. The third kappa shape index (κ3) is 5.98. The molecule has 0 amide bonds. The van der Waals surface area contributed by atoms with Crippen molar-refractivity contribution in [3.05, 3.63) is 48.6 Å². The number of ether oxygens (including phenoxy) is 1. The van der Waals surface area contributed by atoms with Gasteiger partial charge in [-0.25, -0.2) is 0 Å². The molecule has 1 rings (SSSR count). The smallest absolute Gasteiger partial charge is 0.332 e. The van der Waals surface area contributed by atoms with Crippen LogP contribution in [0.15, 0.2) is 36.9 Å². The average molecular weight is 271 g/mol. The minimum absolute atomic E-state index is 0.206. The van der Waals surface area contributed by atoms with Gasteiger partial charge >= 0.3 is 7.60 Å². The third-order valence-corrected chi connectivity index (χ3v) is 2.80. The van der Waals surface area contributed by atoms with Crippen molar-refractivity contribution < 1.29 is 24.2 Å². The zero-order chi connectivity index (χ0) is 13.6. The lowest BCUT2D eigenvalue weighted by molar-refractivity contribution is 0.135. The van der Waals surface area contributed by atoms with E-state index < -0.39 is 13.7 Å². The Morgan fingerprint density at radius 2 is 2.17 bits per heavy atom. The fourth-order valence-electron chi connectivity index (χ4n) is 1.38. The van der Waals surface area contributed by atoms with Gasteiger partial charge in [0.15, 0.2) is 0 Å². The van der Waals surface area contributed by atoms with Crippen LogP contribution in [0.2, 0.25) is 0 Å². The maximum atomic E-state index is 10.6. The van der Waals surface area contributed by atoms with Crippen molar-refractivity contribution in [2.24, 2.45) is 0 Å². The third-order valence-electron chi connectivity index (χ3n) is 2.07. The second kappa shape index (κ2) is 6.71. The molecule has 0 aliphatic carbocycles. The Morgan fingerprint density at radius 1 is 1.44 bits per heavy atom. The van der Waals surface area contributed by atoms with Gasteiger partial charge in [-0.1, -0.05) is 18.2 Å². The summed E-state index contributed by atoms with van der Waals surface area (Å²) in [6, 6.07) is 7.20. The highest BCUT2D eigenvalue weighted by Crippen LogP contribution is 2.39. The lowest BCUT2D eigenvalue weighted by atomic mass is 10.1. The molecule has 1 aromatic rings. The number of hydrogen-bond acceptors (Lipinski definition) is 3. The SMILES string of the molecule is C=CCc1cccc(OCC(O)[CH]P(=O)(O)O)c1. The molecule has 6 heteroatoms. The fourth-order valence-corrected chi connectivity index (χ4v) is 1.91. The summed E-state index contributed by atoms with van der Waals surface area (Å²) in [6.45, 7) is 3.42. The van der Waals surface area contributed by atoms with Crippen molar-refractivity contribution in [2.45, 2.75) is 12.5 Å². The van der Waals surface area contributed by atoms with Gasteiger partial charge in [-0.3, -0.25) is 4.57 Å². The zero-order valence-electron chi connectivity index (χ0n) is 9.77. The van der Waals surface area contributed by atoms with Gasteiger partial charge < -0.3 is 19.6 Å². The maximum absolute atomic E-state index is 10.6. The summed E-state index contributed by atoms with van der Waals surface area (Å²) in [5, 5.41) is 9.33. The van der Waals surface area contributed by atoms with Crippen LogP contribution in [0.1, 0.15) is 5.56 Å². The van der Waals surface area contributed by atoms with Gasteiger partial charge in [0.1, 0.15) is 24.6 Å². The van der Waals surface area contributed by atoms with Crippen molar-refractivity contribution in [2.75, 3.05) is 6.61 Å². The van der Waals surface area contributed by atoms with Gasteiger partial charge in [0.25, 0.3) is 0 Å². The van der Waals surface area contributed by atoms with Crippen molar-refractivity contribution >= 4 is 7.60 Å². The summed E-state index contributed by atoms with van der Waals surface area (Å²) in [6.07, 6.45) is 1.71. The molecular formula is C12H16O5P. The van der Waals surface area contributed by atoms with Crippen LogP contribution >= 0.6 is 7.60 Å². The molecule has 0 aliphatic rings. The molecule has 0 bridgehead atoms. The number of benzene rings is 1. The highest BCUT2D eigenvalue weighted by Gasteiger charge is 2.20. The van der Waals surface area contributed by atoms with E-state index in [0.717, 1.165) is 5.56 Å². The summed E-state index contributed by atoms with van der Waals surface area (Å²) in [5.74, 6) is 0.535. The first kappa shape index (κ1) is 14.9. The molecule has 0 heterocycles. The first-order valence-electron chi connectivity index (χ1n) is 5.32. The topological polar surface area (TPSA) is 87.0 Å². The van der Waals surface area contributed by atoms with E-state index in [0.29, 0.717) is 18.3 Å². The Balaban J connectivity index is 2.50. The van der Waals surface area contributed by atoms with Gasteiger partial charge in [-0.2, -0.15) is 0 Å². The monoisotopic (exact) mass is 271 g/mol. The zero-order valence-corrected chi connectivity index (χ0v) is 10.7. The molecular weight excluding hydrogens is 255 g/mol. The van der Waals surface area contributed by atoms with E-state index in [9.17, 15) is 9.67 Å². The van der Waals surface area contributed by atoms with Crippen LogP contribution in [0.25, 0.3) is 0 Å². The van der Waals surface area contributed by atoms with Gasteiger partial charge in [0, 0.05) is 0 Å². The molecule has 1 radical (unpaired) electrons. The highest BCUT2D eigenvalue weighted by molar-refractivity contribution is 7.54. The van der Waals surface area contributed by atoms with Gasteiger partial charge in [-0.15, -0.1) is 6.58 Å². The minimum atomic E-state index is -4.33. The Labute approximate surface area is 106 Å². The quantitative estimate of drug-likeness (QED) is 0.516. The normalized spacial score (nSPS) is 13.1. The van der Waals surface area contributed by atoms with Gasteiger partial charge in [0.05, 0.1) is 0 Å². The molecule has 0 saturated heterocycles. The molecule has 99 valence electrons. The predicted octanol–water partition coefficient (Wildman–Crippen LogP) is 1.49. The van der Waals surface area contributed by atoms with Crippen molar-refractivity contribution in [1.29, 1.82) is 0 Å². The van der Waals surface area contributed by atoms with Crippen LogP contribution in [0.4, 0.5) is 0 Å². The van der Waals surface area contributed by atoms with E-state index in [1.165, 1.54) is 0 Å². The Morgan fingerprint density at radius 3 is 2.78 bits per heavy atom. The van der Waals surface area contributed by atoms with Crippen LogP contribution in [-0.2, 0) is 11.0 Å². The summed E-state index contributed by atoms with van der Waals surface area (Å²) in [5.41, 5.74) is 1.01. The van der Waals surface area contributed by atoms with Crippen LogP contribution in [0, 0.1) is 6.16 Å². The second-order valence-corrected chi connectivity index (χ2v) is 5.23. The van der Waals surface area contributed by atoms with E-state index in [1.54, 1.807) is 24.3 Å². The summed E-state index contributed by atoms with van der Waals surface area (Å²) < 4.78 is 15.8. The maximum Gasteiger partial charge on any atom is 0.332 e. The van der Waals surface area contributed by atoms with E-state index in [4.69, 9.17) is 14.5 Å². The van der Waals surface area contributed by atoms with Crippen LogP contribution in [-0.4, -0.2) is 27.6 Å². The lowest BCUT2D eigenvalue weighted by Gasteiger charge is -2.13. The molecule has 1 atom stereocenters. The first-order chi connectivity index (χ1) is 8.40. The van der Waals surface area contributed by atoms with E-state index in [-0.39, 0.29) is 6.61 Å². The Hall–Kier alpha value is -1.13. The van der Waals surface area contributed by atoms with Crippen molar-refractivity contribution in [1.82, 2.24) is 0 Å². The minimum Gasteiger partial charge on any atom is -0.491 e. The van der Waals surface area contributed by atoms with E-state index >= 15 is 0 Å². The Bertz CT molecular complexity index is 440. The number of aliphatic hydroxyl groups excluding tert-OH is 1. The van der Waals surface area contributed by atoms with E-state index in [2.05, 4.69) is 6.58 Å². The second-order valence-electron chi connectivity index (χ2n) is 3.76. The molecule has 0 aliphatic heterocycles. The standard InChI is InChI=1S/C12H16O5P/c1-2-4-10-5-3-6-12(7-10)17-8-11(13)9-18(14,15)16/h2-3,5-7,9,11,13H,1,4,8H2,(H2,14,15,16). The van der Waals surface area contributed by atoms with Crippen molar-refractivity contribution in [3.63, 3.8) is 0 Å². The largest absolute Gasteiger partial charge is 0.491 e. The van der Waals surface area contributed by atoms with Crippen LogP contribution < -0.4 is 4.74 Å². The summed E-state index contributed by atoms with van der Waals surface area (Å²) in [4.78, 5) is 17.3. The molecule has 1 aromatic carbocycles. The highest BCUT2D eigenvalue weighted by atomic mass is 31.2. The van der Waals surface area contributed by atoms with Crippen LogP contribution in [0.5, 0.6) is 5.75 Å². The summed E-state index contributed by atoms with van der Waals surface area (Å²) >= 11 is 0. The lowest BCUT2D eigenvalue weighted by Crippen LogP contribution is -2.18. The fraction of sp³-hybridized carbons (Fsp3) is 0.250. The average Bonchev–Trinajstić information content (AvgIpc) is 2.25. The molecule has 5 nitrogen and oxygen atoms in total. The van der Waals surface area contributed by atoms with Crippen LogP contribution in [0.3, 0.4) is 0 Å². The number of hydrogen-bond donors (Lipinski definition) is 3. The predicted molar refractivity (Wildman–Crippen MR) is 68.2 cm³/mol. The molecule has 0 aromatic heterocycles. The van der Waals surface area contributed by atoms with Crippen molar-refractivity contribution in [3.8, 4) is 5.75 Å². The number of allylic oxidation sites excluding steroid dienone is 1. The number of rotatable bonds is 7. The Kier molecular flexibility index (Phi) is 5.56. The molecule has 3 N–H and O–H groups in total. The van der Waals surface area contributed by atoms with E-state index in [1.807, 2.05) is 6.07 Å². The number of aliphatic hydroxyl groups is 1. The molecule has 0 fully saturated rings. The van der Waals surface area contributed by atoms with Gasteiger partial charge in [0.2, 0.25) is 0 Å². The summed E-state index contributed by atoms with van der Waals surface area (Å²) in [7, 11) is -4.33.